The fourth-order valence-corrected chi connectivity index (χ4v) is 0.955. The Balaban J connectivity index is 3.12. The van der Waals surface area contributed by atoms with Crippen LogP contribution in [0.4, 0.5) is 4.39 Å². The third-order valence-corrected chi connectivity index (χ3v) is 1.86. The molecule has 0 aliphatic carbocycles. The first-order chi connectivity index (χ1) is 6.15. The molecule has 13 heavy (non-hydrogen) atoms. The van der Waals surface area contributed by atoms with Gasteiger partial charge in [-0.15, -0.1) is 12.6 Å². The maximum atomic E-state index is 12.5. The molecule has 0 aromatic heterocycles. The van der Waals surface area contributed by atoms with Crippen LogP contribution in [0.1, 0.15) is 5.56 Å². The molecule has 0 aliphatic rings. The van der Waals surface area contributed by atoms with Gasteiger partial charge in [0.2, 0.25) is 0 Å². The summed E-state index contributed by atoms with van der Waals surface area (Å²) in [6, 6.07) is 7.36. The van der Waals surface area contributed by atoms with Crippen LogP contribution in [0.3, 0.4) is 0 Å². The van der Waals surface area contributed by atoms with Crippen molar-refractivity contribution in [2.24, 2.45) is 5.73 Å². The van der Waals surface area contributed by atoms with Gasteiger partial charge >= 0.3 is 0 Å². The number of hydrogen-bond donors (Lipinski definition) is 2. The van der Waals surface area contributed by atoms with Crippen molar-refractivity contribution in [2.45, 2.75) is 0 Å². The van der Waals surface area contributed by atoms with Gasteiger partial charge in [0, 0.05) is 0 Å². The molecule has 2 N–H and O–H groups in total. The molecule has 0 unspecified atom stereocenters. The molecule has 0 amide bonds. The molecule has 0 aliphatic heterocycles. The van der Waals surface area contributed by atoms with Gasteiger partial charge in [-0.1, -0.05) is 0 Å². The first kappa shape index (κ1) is 9.62. The summed E-state index contributed by atoms with van der Waals surface area (Å²) >= 11 is 3.86. The van der Waals surface area contributed by atoms with Crippen LogP contribution >= 0.6 is 12.6 Å². The van der Waals surface area contributed by atoms with Crippen molar-refractivity contribution in [1.29, 1.82) is 5.26 Å². The van der Waals surface area contributed by atoms with Crippen molar-refractivity contribution in [3.63, 3.8) is 0 Å². The third kappa shape index (κ3) is 2.23. The van der Waals surface area contributed by atoms with Gasteiger partial charge in [0.25, 0.3) is 0 Å². The monoisotopic (exact) mass is 194 g/mol. The highest BCUT2D eigenvalue weighted by atomic mass is 32.1. The van der Waals surface area contributed by atoms with Crippen LogP contribution < -0.4 is 5.73 Å². The van der Waals surface area contributed by atoms with Gasteiger partial charge in [0.1, 0.15) is 16.8 Å². The summed E-state index contributed by atoms with van der Waals surface area (Å²) in [6.07, 6.45) is 0. The number of allylic oxidation sites excluding steroid dienone is 1. The molecule has 1 aromatic carbocycles. The average molecular weight is 194 g/mol. The first-order valence-corrected chi connectivity index (χ1v) is 3.94. The van der Waals surface area contributed by atoms with E-state index in [0.29, 0.717) is 5.56 Å². The first-order valence-electron chi connectivity index (χ1n) is 3.50. The second-order valence-electron chi connectivity index (χ2n) is 2.38. The maximum Gasteiger partial charge on any atom is 0.123 e. The second-order valence-corrected chi connectivity index (χ2v) is 2.83. The molecule has 0 saturated carbocycles. The van der Waals surface area contributed by atoms with Crippen LogP contribution in [0.25, 0.3) is 5.70 Å². The van der Waals surface area contributed by atoms with Crippen LogP contribution in [0, 0.1) is 17.1 Å². The van der Waals surface area contributed by atoms with E-state index < -0.39 is 0 Å². The lowest BCUT2D eigenvalue weighted by Crippen LogP contribution is -1.98. The molecule has 66 valence electrons. The molecular weight excluding hydrogens is 187 g/mol. The van der Waals surface area contributed by atoms with Gasteiger partial charge in [-0.2, -0.15) is 5.26 Å². The Kier molecular flexibility index (Phi) is 2.93. The average Bonchev–Trinajstić information content (AvgIpc) is 2.17. The number of thiol groups is 1. The van der Waals surface area contributed by atoms with Gasteiger partial charge in [-0.3, -0.25) is 0 Å². The summed E-state index contributed by atoms with van der Waals surface area (Å²) in [5.74, 6) is -0.339. The van der Waals surface area contributed by atoms with E-state index in [4.69, 9.17) is 11.0 Å². The Morgan fingerprint density at radius 3 is 2.38 bits per heavy atom. The zero-order valence-electron chi connectivity index (χ0n) is 6.66. The van der Waals surface area contributed by atoms with E-state index in [2.05, 4.69) is 12.6 Å². The van der Waals surface area contributed by atoms with Crippen molar-refractivity contribution in [1.82, 2.24) is 0 Å². The summed E-state index contributed by atoms with van der Waals surface area (Å²) < 4.78 is 12.5. The van der Waals surface area contributed by atoms with Crippen molar-refractivity contribution in [2.75, 3.05) is 0 Å². The van der Waals surface area contributed by atoms with E-state index in [1.807, 2.05) is 0 Å². The predicted molar refractivity (Wildman–Crippen MR) is 52.1 cm³/mol. The summed E-state index contributed by atoms with van der Waals surface area (Å²) in [5.41, 5.74) is 6.40. The summed E-state index contributed by atoms with van der Waals surface area (Å²) in [5, 5.41) is 8.48. The molecule has 0 heterocycles. The Hall–Kier alpha value is -1.47. The van der Waals surface area contributed by atoms with Crippen molar-refractivity contribution in [3.05, 3.63) is 40.6 Å². The normalized spacial score (nSPS) is 11.8. The van der Waals surface area contributed by atoms with Crippen LogP contribution in [-0.4, -0.2) is 0 Å². The minimum absolute atomic E-state index is 0.131. The number of rotatable bonds is 1. The zero-order valence-corrected chi connectivity index (χ0v) is 7.55. The topological polar surface area (TPSA) is 49.8 Å². The predicted octanol–water partition coefficient (Wildman–Crippen LogP) is 1.91. The van der Waals surface area contributed by atoms with E-state index in [-0.39, 0.29) is 16.4 Å². The van der Waals surface area contributed by atoms with Crippen molar-refractivity contribution < 1.29 is 4.39 Å². The van der Waals surface area contributed by atoms with E-state index >= 15 is 0 Å². The summed E-state index contributed by atoms with van der Waals surface area (Å²) in [7, 11) is 0. The molecule has 0 atom stereocenters. The van der Waals surface area contributed by atoms with Gasteiger partial charge in [-0.05, 0) is 29.8 Å². The molecule has 0 radical (unpaired) electrons. The molecule has 0 bridgehead atoms. The largest absolute Gasteiger partial charge is 0.397 e. The van der Waals surface area contributed by atoms with E-state index in [9.17, 15) is 4.39 Å². The van der Waals surface area contributed by atoms with Crippen LogP contribution in [0.5, 0.6) is 0 Å². The summed E-state index contributed by atoms with van der Waals surface area (Å²) in [6.45, 7) is 0. The Morgan fingerprint density at radius 1 is 1.38 bits per heavy atom. The molecule has 0 fully saturated rings. The SMILES string of the molecule is N#C/C(S)=C(/N)c1ccc(F)cc1. The highest BCUT2D eigenvalue weighted by molar-refractivity contribution is 7.85. The molecule has 1 aromatic rings. The second kappa shape index (κ2) is 3.97. The lowest BCUT2D eigenvalue weighted by atomic mass is 10.1. The van der Waals surface area contributed by atoms with Gasteiger partial charge in [-0.25, -0.2) is 4.39 Å². The number of benzene rings is 1. The Bertz CT molecular complexity index is 376. The smallest absolute Gasteiger partial charge is 0.123 e. The number of halogens is 1. The van der Waals surface area contributed by atoms with E-state index in [1.54, 1.807) is 6.07 Å². The van der Waals surface area contributed by atoms with E-state index in [1.165, 1.54) is 24.3 Å². The lowest BCUT2D eigenvalue weighted by molar-refractivity contribution is 0.627. The quantitative estimate of drug-likeness (QED) is 0.530. The number of nitrogens with zero attached hydrogens (tertiary/aromatic N) is 1. The highest BCUT2D eigenvalue weighted by Gasteiger charge is 2.01. The molecule has 2 nitrogen and oxygen atoms in total. The minimum Gasteiger partial charge on any atom is -0.397 e. The molecule has 0 spiro atoms. The zero-order chi connectivity index (χ0) is 9.84. The fourth-order valence-electron chi connectivity index (χ4n) is 0.826. The fraction of sp³-hybridized carbons (Fsp3) is 0. The lowest BCUT2D eigenvalue weighted by Gasteiger charge is -2.00. The number of nitrogens with two attached hydrogens (primary N) is 1. The minimum atomic E-state index is -0.339. The van der Waals surface area contributed by atoms with E-state index in [0.717, 1.165) is 0 Å². The molecule has 1 rings (SSSR count). The molecule has 4 heteroatoms. The summed E-state index contributed by atoms with van der Waals surface area (Å²) in [4.78, 5) is 0.131. The Morgan fingerprint density at radius 2 is 1.92 bits per heavy atom. The van der Waals surface area contributed by atoms with Gasteiger partial charge in [0.15, 0.2) is 0 Å². The number of hydrogen-bond acceptors (Lipinski definition) is 3. The third-order valence-electron chi connectivity index (χ3n) is 1.52. The van der Waals surface area contributed by atoms with Crippen LogP contribution in [0.2, 0.25) is 0 Å². The molecule has 0 saturated heterocycles. The Labute approximate surface area is 80.9 Å². The highest BCUT2D eigenvalue weighted by Crippen LogP contribution is 2.15. The van der Waals surface area contributed by atoms with Crippen LogP contribution in [-0.2, 0) is 0 Å². The van der Waals surface area contributed by atoms with Gasteiger partial charge in [0.05, 0.1) is 5.70 Å². The van der Waals surface area contributed by atoms with Crippen molar-refractivity contribution >= 4 is 18.3 Å². The standard InChI is InChI=1S/C9H7FN2S/c10-7-3-1-6(2-4-7)9(12)8(13)5-11/h1-4,13H,12H2/b9-8-. The van der Waals surface area contributed by atoms with Crippen LogP contribution in [0.15, 0.2) is 29.2 Å². The number of nitriles is 1. The van der Waals surface area contributed by atoms with Gasteiger partial charge < -0.3 is 5.73 Å². The maximum absolute atomic E-state index is 12.5. The molecular formula is C9H7FN2S. The van der Waals surface area contributed by atoms with Crippen molar-refractivity contribution in [3.8, 4) is 6.07 Å².